The van der Waals surface area contributed by atoms with Crippen LogP contribution in [0.25, 0.3) is 0 Å². The zero-order chi connectivity index (χ0) is 26.6. The Morgan fingerprint density at radius 2 is 1.86 bits per heavy atom. The molecule has 4 rings (SSSR count). The lowest BCUT2D eigenvalue weighted by Crippen LogP contribution is -2.54. The zero-order valence-corrected chi connectivity index (χ0v) is 22.5. The minimum Gasteiger partial charge on any atom is -0.481 e. The van der Waals surface area contributed by atoms with Gasteiger partial charge in [0.1, 0.15) is 11.4 Å². The first kappa shape index (κ1) is 27.6. The quantitative estimate of drug-likeness (QED) is 0.460. The van der Waals surface area contributed by atoms with Gasteiger partial charge >= 0.3 is 12.1 Å². The molecule has 3 aliphatic rings. The van der Waals surface area contributed by atoms with E-state index in [1.807, 2.05) is 0 Å². The molecule has 1 aliphatic heterocycles. The molecule has 1 atom stereocenters. The number of nitrogens with zero attached hydrogens (tertiary/aromatic N) is 2. The van der Waals surface area contributed by atoms with Crippen molar-refractivity contribution in [2.75, 3.05) is 19.7 Å². The second kappa shape index (κ2) is 11.9. The van der Waals surface area contributed by atoms with Gasteiger partial charge < -0.3 is 19.5 Å². The van der Waals surface area contributed by atoms with Crippen LogP contribution in [-0.4, -0.2) is 64.2 Å². The van der Waals surface area contributed by atoms with E-state index in [2.05, 4.69) is 12.1 Å². The SMILES string of the molecule is CC(C)(C)OC(=O)N1CC(C(=O)CC(CCOC2CC(CCc3ccc4c(n3)CCCC4)C2)C(=O)O)C1. The van der Waals surface area contributed by atoms with Gasteiger partial charge in [0, 0.05) is 37.5 Å². The van der Waals surface area contributed by atoms with Gasteiger partial charge in [0.25, 0.3) is 0 Å². The number of hydrogen-bond acceptors (Lipinski definition) is 6. The molecule has 8 heteroatoms. The van der Waals surface area contributed by atoms with Gasteiger partial charge in [-0.15, -0.1) is 0 Å². The van der Waals surface area contributed by atoms with Crippen molar-refractivity contribution in [2.24, 2.45) is 17.8 Å². The molecule has 2 heterocycles. The number of carboxylic acids is 1. The van der Waals surface area contributed by atoms with Gasteiger partial charge in [0.15, 0.2) is 0 Å². The molecular weight excluding hydrogens is 472 g/mol. The van der Waals surface area contributed by atoms with Gasteiger partial charge in [-0.1, -0.05) is 6.07 Å². The summed E-state index contributed by atoms with van der Waals surface area (Å²) in [6.45, 7) is 6.32. The summed E-state index contributed by atoms with van der Waals surface area (Å²) in [6.07, 6.45) is 8.96. The van der Waals surface area contributed by atoms with E-state index in [4.69, 9.17) is 14.5 Å². The van der Waals surface area contributed by atoms with Gasteiger partial charge in [-0.05, 0) is 96.1 Å². The summed E-state index contributed by atoms with van der Waals surface area (Å²) in [7, 11) is 0. The van der Waals surface area contributed by atoms with E-state index in [1.165, 1.54) is 34.7 Å². The third-order valence-corrected chi connectivity index (χ3v) is 7.84. The number of ether oxygens (including phenoxy) is 2. The van der Waals surface area contributed by atoms with Crippen molar-refractivity contribution in [3.63, 3.8) is 0 Å². The lowest BCUT2D eigenvalue weighted by molar-refractivity contribution is -0.146. The van der Waals surface area contributed by atoms with Crippen LogP contribution in [-0.2, 0) is 38.3 Å². The number of aryl methyl sites for hydroxylation is 3. The summed E-state index contributed by atoms with van der Waals surface area (Å²) in [5.74, 6) is -1.51. The average Bonchev–Trinajstić information content (AvgIpc) is 2.76. The molecule has 1 amide bonds. The molecule has 0 aromatic carbocycles. The molecule has 1 saturated carbocycles. The fourth-order valence-corrected chi connectivity index (χ4v) is 5.42. The topological polar surface area (TPSA) is 106 Å². The number of likely N-dealkylation sites (tertiary alicyclic amines) is 1. The van der Waals surface area contributed by atoms with E-state index in [1.54, 1.807) is 20.8 Å². The van der Waals surface area contributed by atoms with Gasteiger partial charge in [0.2, 0.25) is 0 Å². The number of carbonyl (C=O) groups is 3. The first-order chi connectivity index (χ1) is 17.6. The van der Waals surface area contributed by atoms with Crippen LogP contribution in [0.5, 0.6) is 0 Å². The van der Waals surface area contributed by atoms with Gasteiger partial charge in [-0.2, -0.15) is 0 Å². The van der Waals surface area contributed by atoms with E-state index in [9.17, 15) is 19.5 Å². The van der Waals surface area contributed by atoms with Crippen LogP contribution in [0.3, 0.4) is 0 Å². The minimum absolute atomic E-state index is 0.0212. The van der Waals surface area contributed by atoms with Crippen LogP contribution in [0.2, 0.25) is 0 Å². The van der Waals surface area contributed by atoms with Gasteiger partial charge in [0.05, 0.1) is 17.9 Å². The molecule has 2 fully saturated rings. The molecule has 1 aromatic rings. The Hall–Kier alpha value is -2.48. The van der Waals surface area contributed by atoms with E-state index >= 15 is 0 Å². The highest BCUT2D eigenvalue weighted by molar-refractivity contribution is 5.87. The Labute approximate surface area is 220 Å². The largest absolute Gasteiger partial charge is 0.481 e. The molecule has 0 spiro atoms. The van der Waals surface area contributed by atoms with E-state index in [0.717, 1.165) is 38.5 Å². The number of aliphatic carboxylic acids is 1. The number of ketones is 1. The Bertz CT molecular complexity index is 975. The fourth-order valence-electron chi connectivity index (χ4n) is 5.42. The summed E-state index contributed by atoms with van der Waals surface area (Å²) in [4.78, 5) is 42.7. The Morgan fingerprint density at radius 1 is 1.14 bits per heavy atom. The Morgan fingerprint density at radius 3 is 2.57 bits per heavy atom. The molecule has 1 unspecified atom stereocenters. The molecule has 1 aromatic heterocycles. The normalized spacial score (nSPS) is 22.4. The molecule has 0 radical (unpaired) electrons. The standard InChI is InChI=1S/C29H42N2O6/c1-29(2,3)37-28(35)31-17-22(18-31)26(32)16-21(27(33)34)12-13-36-24-14-19(15-24)8-10-23-11-9-20-6-4-5-7-25(20)30-23/h9,11,19,21-22,24H,4-8,10,12-18H2,1-3H3,(H,33,34). The second-order valence-electron chi connectivity index (χ2n) is 12.1. The summed E-state index contributed by atoms with van der Waals surface area (Å²) in [6, 6.07) is 4.44. The second-order valence-corrected chi connectivity index (χ2v) is 12.1. The lowest BCUT2D eigenvalue weighted by atomic mass is 9.79. The van der Waals surface area contributed by atoms with Crippen molar-refractivity contribution in [1.82, 2.24) is 9.88 Å². The molecule has 1 N–H and O–H groups in total. The van der Waals surface area contributed by atoms with Gasteiger partial charge in [-0.3, -0.25) is 14.6 Å². The van der Waals surface area contributed by atoms with Crippen molar-refractivity contribution < 1.29 is 29.0 Å². The number of carbonyl (C=O) groups excluding carboxylic acids is 2. The number of Topliss-reactive ketones (excluding diaryl/α,β-unsaturated/α-hetero) is 1. The average molecular weight is 515 g/mol. The molecule has 1 saturated heterocycles. The van der Waals surface area contributed by atoms with Crippen molar-refractivity contribution in [3.05, 3.63) is 29.1 Å². The maximum absolute atomic E-state index is 12.6. The third kappa shape index (κ3) is 7.76. The Kier molecular flexibility index (Phi) is 8.88. The van der Waals surface area contributed by atoms with E-state index < -0.39 is 23.6 Å². The van der Waals surface area contributed by atoms with Crippen molar-refractivity contribution in [2.45, 2.75) is 96.7 Å². The highest BCUT2D eigenvalue weighted by Crippen LogP contribution is 2.34. The molecule has 8 nitrogen and oxygen atoms in total. The number of carboxylic acid groups (broad SMARTS) is 1. The summed E-state index contributed by atoms with van der Waals surface area (Å²) >= 11 is 0. The number of hydrogen-bond donors (Lipinski definition) is 1. The first-order valence-electron chi connectivity index (χ1n) is 13.9. The molecule has 0 bridgehead atoms. The van der Waals surface area contributed by atoms with Crippen LogP contribution in [0.4, 0.5) is 4.79 Å². The number of rotatable bonds is 11. The van der Waals surface area contributed by atoms with Crippen molar-refractivity contribution in [1.29, 1.82) is 0 Å². The van der Waals surface area contributed by atoms with Crippen molar-refractivity contribution in [3.8, 4) is 0 Å². The molecule has 37 heavy (non-hydrogen) atoms. The monoisotopic (exact) mass is 514 g/mol. The van der Waals surface area contributed by atoms with Crippen LogP contribution >= 0.6 is 0 Å². The highest BCUT2D eigenvalue weighted by Gasteiger charge is 2.39. The Balaban J connectivity index is 1.10. The molecule has 2 aliphatic carbocycles. The molecular formula is C29H42N2O6. The summed E-state index contributed by atoms with van der Waals surface area (Å²) < 4.78 is 11.2. The smallest absolute Gasteiger partial charge is 0.410 e. The van der Waals surface area contributed by atoms with Crippen LogP contribution in [0.15, 0.2) is 12.1 Å². The summed E-state index contributed by atoms with van der Waals surface area (Å²) in [5.41, 5.74) is 3.32. The predicted octanol–water partition coefficient (Wildman–Crippen LogP) is 4.61. The van der Waals surface area contributed by atoms with Crippen LogP contribution < -0.4 is 0 Å². The van der Waals surface area contributed by atoms with Gasteiger partial charge in [-0.25, -0.2) is 4.79 Å². The number of aromatic nitrogens is 1. The summed E-state index contributed by atoms with van der Waals surface area (Å²) in [5, 5.41) is 9.59. The number of pyridine rings is 1. The van der Waals surface area contributed by atoms with E-state index in [-0.39, 0.29) is 24.2 Å². The van der Waals surface area contributed by atoms with Crippen LogP contribution in [0, 0.1) is 17.8 Å². The van der Waals surface area contributed by atoms with Crippen molar-refractivity contribution >= 4 is 17.8 Å². The minimum atomic E-state index is -0.968. The number of amides is 1. The van der Waals surface area contributed by atoms with E-state index in [0.29, 0.717) is 32.0 Å². The lowest BCUT2D eigenvalue weighted by Gasteiger charge is -2.39. The third-order valence-electron chi connectivity index (χ3n) is 7.84. The maximum atomic E-state index is 12.6. The fraction of sp³-hybridized carbons (Fsp3) is 0.724. The highest BCUT2D eigenvalue weighted by atomic mass is 16.6. The molecule has 204 valence electrons. The zero-order valence-electron chi connectivity index (χ0n) is 22.5. The van der Waals surface area contributed by atoms with Crippen LogP contribution in [0.1, 0.15) is 82.7 Å². The maximum Gasteiger partial charge on any atom is 0.410 e. The number of fused-ring (bicyclic) bond motifs is 1. The predicted molar refractivity (Wildman–Crippen MR) is 138 cm³/mol. The first-order valence-corrected chi connectivity index (χ1v) is 13.9.